The molecule has 3 fully saturated rings. The summed E-state index contributed by atoms with van der Waals surface area (Å²) in [6.07, 6.45) is 23.8. The molecule has 0 aromatic carbocycles. The minimum atomic E-state index is -1.40. The lowest BCUT2D eigenvalue weighted by Gasteiger charge is -2.39. The van der Waals surface area contributed by atoms with Gasteiger partial charge in [0, 0.05) is 17.5 Å². The fourth-order valence-electron chi connectivity index (χ4n) is 6.27. The van der Waals surface area contributed by atoms with Crippen molar-refractivity contribution in [1.82, 2.24) is 9.88 Å². The van der Waals surface area contributed by atoms with E-state index in [0.717, 1.165) is 17.6 Å². The normalized spacial score (nSPS) is 37.4. The minimum Gasteiger partial charge on any atom is -0.334 e. The van der Waals surface area contributed by atoms with E-state index in [1.807, 2.05) is 0 Å². The van der Waals surface area contributed by atoms with Crippen LogP contribution < -0.4 is 4.98 Å². The number of allylic oxidation sites excluding steroid dienone is 3. The Hall–Kier alpha value is -0.383. The van der Waals surface area contributed by atoms with E-state index in [0.29, 0.717) is 5.41 Å². The molecule has 1 heterocycles. The quantitative estimate of drug-likeness (QED) is 0.691. The smallest absolute Gasteiger partial charge is 0.122 e. The molecular formula is C22H38N2Si. The van der Waals surface area contributed by atoms with Crippen LogP contribution in [0.4, 0.5) is 0 Å². The first-order valence-corrected chi connectivity index (χ1v) is 14.0. The van der Waals surface area contributed by atoms with Crippen molar-refractivity contribution in [2.45, 2.75) is 94.9 Å². The standard InChI is InChI=1S/C22H38N2Si/c1-25(2,23-19-11-5-3-6-12-19)20-17-21(24-15-9-10-16-24)22(18-20)13-7-4-8-14-22/h4,7-8,13,19-21,23H,3,5-6,9-12,14-18H2,1-2H3. The van der Waals surface area contributed by atoms with Gasteiger partial charge in [-0.3, -0.25) is 4.90 Å². The van der Waals surface area contributed by atoms with E-state index in [9.17, 15) is 0 Å². The fourth-order valence-corrected chi connectivity index (χ4v) is 9.55. The third-order valence-electron chi connectivity index (χ3n) is 7.75. The molecule has 25 heavy (non-hydrogen) atoms. The van der Waals surface area contributed by atoms with Crippen LogP contribution >= 0.6 is 0 Å². The molecule has 0 aromatic heterocycles. The molecule has 0 aromatic rings. The molecule has 2 nitrogen and oxygen atoms in total. The Morgan fingerprint density at radius 3 is 2.44 bits per heavy atom. The van der Waals surface area contributed by atoms with Crippen molar-refractivity contribution in [2.24, 2.45) is 5.41 Å². The molecule has 140 valence electrons. The Kier molecular flexibility index (Phi) is 5.27. The maximum Gasteiger partial charge on any atom is 0.122 e. The second-order valence-electron chi connectivity index (χ2n) is 9.82. The predicted octanol–water partition coefficient (Wildman–Crippen LogP) is 5.24. The lowest BCUT2D eigenvalue weighted by Crippen LogP contribution is -2.53. The molecule has 1 aliphatic heterocycles. The lowest BCUT2D eigenvalue weighted by atomic mass is 9.76. The summed E-state index contributed by atoms with van der Waals surface area (Å²) in [4.78, 5) is 7.10. The zero-order chi connectivity index (χ0) is 17.3. The first-order chi connectivity index (χ1) is 12.1. The maximum atomic E-state index is 4.25. The summed E-state index contributed by atoms with van der Waals surface area (Å²) in [7, 11) is -1.40. The third kappa shape index (κ3) is 3.70. The minimum absolute atomic E-state index is 0.433. The summed E-state index contributed by atoms with van der Waals surface area (Å²) < 4.78 is 0. The molecule has 1 saturated heterocycles. The number of likely N-dealkylation sites (tertiary alicyclic amines) is 1. The van der Waals surface area contributed by atoms with Crippen LogP contribution in [0.2, 0.25) is 18.6 Å². The molecule has 0 bridgehead atoms. The molecule has 3 heteroatoms. The van der Waals surface area contributed by atoms with Crippen LogP contribution in [-0.4, -0.2) is 38.3 Å². The predicted molar refractivity (Wildman–Crippen MR) is 110 cm³/mol. The van der Waals surface area contributed by atoms with Gasteiger partial charge in [-0.25, -0.2) is 0 Å². The zero-order valence-corrected chi connectivity index (χ0v) is 17.5. The molecule has 4 rings (SSSR count). The number of rotatable bonds is 4. The highest BCUT2D eigenvalue weighted by Crippen LogP contribution is 2.55. The first kappa shape index (κ1) is 18.0. The van der Waals surface area contributed by atoms with Crippen molar-refractivity contribution in [3.8, 4) is 0 Å². The zero-order valence-electron chi connectivity index (χ0n) is 16.5. The van der Waals surface area contributed by atoms with Crippen molar-refractivity contribution >= 4 is 8.24 Å². The van der Waals surface area contributed by atoms with E-state index in [2.05, 4.69) is 47.3 Å². The van der Waals surface area contributed by atoms with Gasteiger partial charge in [-0.15, -0.1) is 0 Å². The SMILES string of the molecule is C[Si](C)(NC1CCCCC1)C1CC(N2CCCC2)C2(C=CC=CC2)C1. The summed E-state index contributed by atoms with van der Waals surface area (Å²) in [5.74, 6) is 0. The number of nitrogens with zero attached hydrogens (tertiary/aromatic N) is 1. The second kappa shape index (κ2) is 7.32. The van der Waals surface area contributed by atoms with Crippen LogP contribution in [0.1, 0.15) is 64.2 Å². The van der Waals surface area contributed by atoms with Crippen LogP contribution in [0.3, 0.4) is 0 Å². The van der Waals surface area contributed by atoms with Crippen LogP contribution in [0.5, 0.6) is 0 Å². The monoisotopic (exact) mass is 358 g/mol. The van der Waals surface area contributed by atoms with Gasteiger partial charge in [-0.05, 0) is 63.6 Å². The molecule has 0 amide bonds. The van der Waals surface area contributed by atoms with Gasteiger partial charge in [0.05, 0.1) is 0 Å². The topological polar surface area (TPSA) is 15.3 Å². The Balaban J connectivity index is 1.50. The fraction of sp³-hybridized carbons (Fsp3) is 0.818. The van der Waals surface area contributed by atoms with Crippen molar-refractivity contribution in [2.75, 3.05) is 13.1 Å². The van der Waals surface area contributed by atoms with E-state index in [-0.39, 0.29) is 0 Å². The lowest BCUT2D eigenvalue weighted by molar-refractivity contribution is 0.148. The Morgan fingerprint density at radius 2 is 1.76 bits per heavy atom. The molecular weight excluding hydrogens is 320 g/mol. The van der Waals surface area contributed by atoms with Crippen LogP contribution in [-0.2, 0) is 0 Å². The van der Waals surface area contributed by atoms with Gasteiger partial charge in [0.2, 0.25) is 0 Å². The van der Waals surface area contributed by atoms with Crippen molar-refractivity contribution in [3.05, 3.63) is 24.3 Å². The van der Waals surface area contributed by atoms with Gasteiger partial charge >= 0.3 is 0 Å². The van der Waals surface area contributed by atoms with E-state index < -0.39 is 8.24 Å². The average Bonchev–Trinajstić information content (AvgIpc) is 3.24. The van der Waals surface area contributed by atoms with E-state index in [1.165, 1.54) is 77.3 Å². The summed E-state index contributed by atoms with van der Waals surface area (Å²) >= 11 is 0. The highest BCUT2D eigenvalue weighted by Gasteiger charge is 2.52. The summed E-state index contributed by atoms with van der Waals surface area (Å²) in [5.41, 5.74) is 1.36. The summed E-state index contributed by atoms with van der Waals surface area (Å²) in [6.45, 7) is 7.95. The van der Waals surface area contributed by atoms with Gasteiger partial charge in [-0.1, -0.05) is 56.7 Å². The van der Waals surface area contributed by atoms with Gasteiger partial charge < -0.3 is 4.98 Å². The van der Waals surface area contributed by atoms with Crippen LogP contribution in [0.15, 0.2) is 24.3 Å². The largest absolute Gasteiger partial charge is 0.334 e. The molecule has 1 N–H and O–H groups in total. The molecule has 0 radical (unpaired) electrons. The van der Waals surface area contributed by atoms with Crippen LogP contribution in [0.25, 0.3) is 0 Å². The summed E-state index contributed by atoms with van der Waals surface area (Å²) in [5, 5.41) is 0. The Bertz CT molecular complexity index is 514. The van der Waals surface area contributed by atoms with Gasteiger partial charge in [0.1, 0.15) is 8.24 Å². The number of nitrogens with one attached hydrogen (secondary N) is 1. The van der Waals surface area contributed by atoms with E-state index >= 15 is 0 Å². The Morgan fingerprint density at radius 1 is 1.00 bits per heavy atom. The van der Waals surface area contributed by atoms with E-state index in [4.69, 9.17) is 0 Å². The van der Waals surface area contributed by atoms with Crippen molar-refractivity contribution < 1.29 is 0 Å². The molecule has 1 spiro atoms. The number of hydrogen-bond acceptors (Lipinski definition) is 2. The average molecular weight is 359 g/mol. The highest BCUT2D eigenvalue weighted by molar-refractivity contribution is 6.76. The first-order valence-electron chi connectivity index (χ1n) is 11.0. The number of hydrogen-bond donors (Lipinski definition) is 1. The second-order valence-corrected chi connectivity index (χ2v) is 14.4. The van der Waals surface area contributed by atoms with Crippen LogP contribution in [0, 0.1) is 5.41 Å². The third-order valence-corrected chi connectivity index (χ3v) is 11.4. The highest BCUT2D eigenvalue weighted by atomic mass is 28.3. The summed E-state index contributed by atoms with van der Waals surface area (Å²) in [6, 6.07) is 1.61. The molecule has 3 unspecified atom stereocenters. The van der Waals surface area contributed by atoms with Gasteiger partial charge in [0.15, 0.2) is 0 Å². The van der Waals surface area contributed by atoms with Crippen molar-refractivity contribution in [3.63, 3.8) is 0 Å². The van der Waals surface area contributed by atoms with Gasteiger partial charge in [0.25, 0.3) is 0 Å². The van der Waals surface area contributed by atoms with Gasteiger partial charge in [-0.2, -0.15) is 0 Å². The molecule has 3 aliphatic carbocycles. The maximum absolute atomic E-state index is 4.25. The molecule has 2 saturated carbocycles. The Labute approximate surface area is 156 Å². The van der Waals surface area contributed by atoms with E-state index in [1.54, 1.807) is 0 Å². The molecule has 4 aliphatic rings. The molecule has 3 atom stereocenters. The van der Waals surface area contributed by atoms with Crippen molar-refractivity contribution in [1.29, 1.82) is 0 Å².